The number of rotatable bonds is 8. The average molecular weight is 499 g/mol. The third-order valence-corrected chi connectivity index (χ3v) is 6.69. The molecule has 2 aromatic carbocycles. The first-order valence-corrected chi connectivity index (χ1v) is 13.0. The highest BCUT2D eigenvalue weighted by Gasteiger charge is 2.26. The van der Waals surface area contributed by atoms with Gasteiger partial charge in [0.25, 0.3) is 5.91 Å². The number of aliphatic imine (C=N–C) groups is 1. The van der Waals surface area contributed by atoms with Crippen LogP contribution in [0, 0.1) is 5.41 Å². The fraction of sp³-hybridized carbons (Fsp3) is 0.357. The molecule has 2 aliphatic rings. The smallest absolute Gasteiger partial charge is 0.251 e. The molecule has 1 aliphatic heterocycles. The molecule has 3 aromatic rings. The van der Waals surface area contributed by atoms with Crippen LogP contribution in [-0.2, 0) is 0 Å². The fourth-order valence-electron chi connectivity index (χ4n) is 4.58. The zero-order valence-electron chi connectivity index (χ0n) is 21.2. The van der Waals surface area contributed by atoms with Crippen molar-refractivity contribution in [1.82, 2.24) is 20.4 Å². The number of carbonyl (C=O) groups is 1. The molecule has 2 heterocycles. The predicted molar refractivity (Wildman–Crippen MR) is 150 cm³/mol. The number of amidine groups is 1. The van der Waals surface area contributed by atoms with E-state index in [-0.39, 0.29) is 11.9 Å². The van der Waals surface area contributed by atoms with Gasteiger partial charge >= 0.3 is 0 Å². The van der Waals surface area contributed by atoms with Gasteiger partial charge < -0.3 is 20.9 Å². The van der Waals surface area contributed by atoms with E-state index in [1.807, 2.05) is 61.5 Å². The predicted octanol–water partition coefficient (Wildman–Crippen LogP) is 4.70. The Balaban J connectivity index is 1.19. The van der Waals surface area contributed by atoms with Crippen LogP contribution in [0.15, 0.2) is 59.6 Å². The quantitative estimate of drug-likeness (QED) is 0.228. The van der Waals surface area contributed by atoms with Crippen molar-refractivity contribution in [3.05, 3.63) is 65.9 Å². The first-order chi connectivity index (χ1) is 18.1. The van der Waals surface area contributed by atoms with Gasteiger partial charge in [0.1, 0.15) is 11.7 Å². The van der Waals surface area contributed by atoms with Crippen molar-refractivity contribution in [2.24, 2.45) is 4.99 Å². The summed E-state index contributed by atoms with van der Waals surface area (Å²) in [7, 11) is 0. The van der Waals surface area contributed by atoms with Gasteiger partial charge in [0, 0.05) is 36.3 Å². The minimum Gasteiger partial charge on any atom is -0.351 e. The Labute approximate surface area is 216 Å². The monoisotopic (exact) mass is 498 g/mol. The summed E-state index contributed by atoms with van der Waals surface area (Å²) in [4.78, 5) is 19.4. The molecule has 1 amide bonds. The summed E-state index contributed by atoms with van der Waals surface area (Å²) in [6, 6.07) is 13.5. The molecule has 0 radical (unpaired) electrons. The van der Waals surface area contributed by atoms with Crippen molar-refractivity contribution >= 4 is 40.0 Å². The van der Waals surface area contributed by atoms with Crippen molar-refractivity contribution in [2.45, 2.75) is 38.5 Å². The minimum absolute atomic E-state index is 0.0101. The second-order valence-corrected chi connectivity index (χ2v) is 9.66. The lowest BCUT2D eigenvalue weighted by atomic mass is 10.1. The summed E-state index contributed by atoms with van der Waals surface area (Å²) in [5, 5.41) is 26.9. The summed E-state index contributed by atoms with van der Waals surface area (Å²) < 4.78 is 0. The van der Waals surface area contributed by atoms with Gasteiger partial charge in [-0.05, 0) is 86.8 Å². The van der Waals surface area contributed by atoms with E-state index in [2.05, 4.69) is 36.0 Å². The van der Waals surface area contributed by atoms with E-state index < -0.39 is 0 Å². The summed E-state index contributed by atoms with van der Waals surface area (Å²) >= 11 is 0. The highest BCUT2D eigenvalue weighted by atomic mass is 16.1. The number of guanidine groups is 1. The maximum absolute atomic E-state index is 12.6. The van der Waals surface area contributed by atoms with Gasteiger partial charge in [-0.25, -0.2) is 0 Å². The number of aromatic nitrogens is 2. The number of nitrogens with one attached hydrogen (secondary N) is 5. The van der Waals surface area contributed by atoms with Gasteiger partial charge in [0.15, 0.2) is 0 Å². The van der Waals surface area contributed by atoms with Crippen molar-refractivity contribution in [3.8, 4) is 0 Å². The summed E-state index contributed by atoms with van der Waals surface area (Å²) in [6.07, 6.45) is 8.56. The Kier molecular flexibility index (Phi) is 7.60. The molecule has 9 nitrogen and oxygen atoms in total. The van der Waals surface area contributed by atoms with Crippen molar-refractivity contribution in [2.75, 3.05) is 36.8 Å². The summed E-state index contributed by atoms with van der Waals surface area (Å²) in [5.74, 6) is 1.81. The van der Waals surface area contributed by atoms with E-state index in [0.29, 0.717) is 23.9 Å². The molecule has 5 N–H and O–H groups in total. The third kappa shape index (κ3) is 6.62. The van der Waals surface area contributed by atoms with Crippen molar-refractivity contribution in [1.29, 1.82) is 5.41 Å². The Morgan fingerprint density at radius 3 is 2.70 bits per heavy atom. The van der Waals surface area contributed by atoms with Crippen LogP contribution in [0.25, 0.3) is 10.8 Å². The molecule has 0 spiro atoms. The summed E-state index contributed by atoms with van der Waals surface area (Å²) in [6.45, 7) is 5.72. The maximum atomic E-state index is 12.6. The molecule has 1 aromatic heterocycles. The molecule has 0 atom stereocenters. The van der Waals surface area contributed by atoms with Crippen LogP contribution in [0.5, 0.6) is 0 Å². The number of allylic oxidation sites excluding steroid dienone is 1. The van der Waals surface area contributed by atoms with Gasteiger partial charge in [-0.1, -0.05) is 18.2 Å². The zero-order valence-corrected chi connectivity index (χ0v) is 21.2. The molecule has 0 unspecified atom stereocenters. The molecule has 1 saturated heterocycles. The number of aromatic amines is 1. The van der Waals surface area contributed by atoms with Crippen LogP contribution < -0.4 is 16.0 Å². The molecule has 9 heteroatoms. The molecular weight excluding hydrogens is 464 g/mol. The molecule has 0 bridgehead atoms. The Bertz CT molecular complexity index is 1330. The molecule has 1 aliphatic carbocycles. The van der Waals surface area contributed by atoms with Crippen LogP contribution in [0.4, 0.5) is 11.5 Å². The number of hydrogen-bond donors (Lipinski definition) is 5. The zero-order chi connectivity index (χ0) is 25.6. The number of carbonyl (C=O) groups excluding carboxylic acids is 1. The van der Waals surface area contributed by atoms with Gasteiger partial charge in [-0.2, -0.15) is 10.1 Å². The van der Waals surface area contributed by atoms with Gasteiger partial charge in [0.2, 0.25) is 5.96 Å². The first kappa shape index (κ1) is 24.7. The van der Waals surface area contributed by atoms with Crippen LogP contribution in [-0.4, -0.2) is 59.0 Å². The lowest BCUT2D eigenvalue weighted by molar-refractivity contribution is 0.0950. The highest BCUT2D eigenvalue weighted by Crippen LogP contribution is 2.39. The van der Waals surface area contributed by atoms with E-state index in [1.54, 1.807) is 0 Å². The van der Waals surface area contributed by atoms with Crippen molar-refractivity contribution in [3.63, 3.8) is 0 Å². The maximum Gasteiger partial charge on any atom is 0.251 e. The van der Waals surface area contributed by atoms with E-state index in [4.69, 9.17) is 5.41 Å². The number of H-pyrrole nitrogens is 1. The van der Waals surface area contributed by atoms with Gasteiger partial charge in [-0.15, -0.1) is 0 Å². The van der Waals surface area contributed by atoms with Crippen molar-refractivity contribution < 1.29 is 4.79 Å². The number of nitrogens with zero attached hydrogens (tertiary/aromatic N) is 3. The topological polar surface area (TPSA) is 121 Å². The molecule has 37 heavy (non-hydrogen) atoms. The first-order valence-electron chi connectivity index (χ1n) is 13.0. The van der Waals surface area contributed by atoms with Crippen LogP contribution in [0.3, 0.4) is 0 Å². The van der Waals surface area contributed by atoms with E-state index >= 15 is 0 Å². The van der Waals surface area contributed by atoms with Gasteiger partial charge in [-0.3, -0.25) is 15.3 Å². The molecule has 192 valence electrons. The number of amides is 1. The Hall–Kier alpha value is -3.98. The highest BCUT2D eigenvalue weighted by molar-refractivity contribution is 6.11. The minimum atomic E-state index is -0.0510. The molecule has 1 saturated carbocycles. The van der Waals surface area contributed by atoms with Crippen LogP contribution in [0.2, 0.25) is 0 Å². The standard InChI is InChI=1S/C28H34N8O/c1-2-5-25(32-26-18-24(34-35-26)19-6-7-19)33-28(29)31-23-11-10-20-16-22(9-8-21(20)17-23)27(37)30-12-15-36-13-3-4-14-36/h2,5,8-11,16-19H,3-4,6-7,12-15H2,1H3,(H,30,37)(H4,29,31,32,33,34,35)/b5-2+. The third-order valence-electron chi connectivity index (χ3n) is 6.69. The Morgan fingerprint density at radius 1 is 1.14 bits per heavy atom. The Morgan fingerprint density at radius 2 is 1.92 bits per heavy atom. The van der Waals surface area contributed by atoms with E-state index in [9.17, 15) is 4.79 Å². The SMILES string of the molecule is C/C=C/C(=N\C(=N)Nc1ccc2cc(C(=O)NCCN3CCCC3)ccc2c1)Nc1cc(C2CC2)n[nH]1. The fourth-order valence-corrected chi connectivity index (χ4v) is 4.58. The molecule has 2 fully saturated rings. The normalized spacial score (nSPS) is 16.4. The van der Waals surface area contributed by atoms with Gasteiger partial charge in [0.05, 0.1) is 5.69 Å². The summed E-state index contributed by atoms with van der Waals surface area (Å²) in [5.41, 5.74) is 2.47. The number of fused-ring (bicyclic) bond motifs is 1. The lowest BCUT2D eigenvalue weighted by Crippen LogP contribution is -2.33. The second kappa shape index (κ2) is 11.4. The van der Waals surface area contributed by atoms with Crippen LogP contribution in [0.1, 0.15) is 54.6 Å². The van der Waals surface area contributed by atoms with Crippen LogP contribution >= 0.6 is 0 Å². The van der Waals surface area contributed by atoms with E-state index in [1.165, 1.54) is 25.7 Å². The largest absolute Gasteiger partial charge is 0.351 e. The number of benzene rings is 2. The van der Waals surface area contributed by atoms with E-state index in [0.717, 1.165) is 47.6 Å². The number of hydrogen-bond acceptors (Lipinski definition) is 4. The number of likely N-dealkylation sites (tertiary alicyclic amines) is 1. The lowest BCUT2D eigenvalue weighted by Gasteiger charge is -2.14. The molecular formula is C28H34N8O. The molecule has 5 rings (SSSR count). The average Bonchev–Trinajstić information content (AvgIpc) is 3.40. The second-order valence-electron chi connectivity index (χ2n) is 9.66. The number of anilines is 2.